The summed E-state index contributed by atoms with van der Waals surface area (Å²) in [4.78, 5) is 2.74. The molecule has 1 heteroatoms. The van der Waals surface area contributed by atoms with Crippen LogP contribution in [0.25, 0.3) is 5.57 Å². The van der Waals surface area contributed by atoms with E-state index in [0.29, 0.717) is 0 Å². The molecule has 35 heavy (non-hydrogen) atoms. The van der Waals surface area contributed by atoms with Crippen LogP contribution in [0.15, 0.2) is 36.9 Å². The van der Waals surface area contributed by atoms with Crippen LogP contribution in [0, 0.1) is 0 Å². The van der Waals surface area contributed by atoms with E-state index in [1.165, 1.54) is 159 Å². The summed E-state index contributed by atoms with van der Waals surface area (Å²) in [5, 5.41) is 0. The molecule has 202 valence electrons. The average Bonchev–Trinajstić information content (AvgIpc) is 2.89. The normalized spacial score (nSPS) is 11.4. The van der Waals surface area contributed by atoms with Gasteiger partial charge in [0, 0.05) is 6.54 Å². The highest BCUT2D eigenvalue weighted by Crippen LogP contribution is 2.17. The molecule has 0 saturated heterocycles. The molecule has 0 spiro atoms. The van der Waals surface area contributed by atoms with E-state index < -0.39 is 0 Å². The molecule has 0 bridgehead atoms. The second-order valence-electron chi connectivity index (χ2n) is 10.9. The molecule has 0 aliphatic heterocycles. The number of rotatable bonds is 26. The molecule has 0 radical (unpaired) electrons. The lowest BCUT2D eigenvalue weighted by Crippen LogP contribution is -2.27. The molecule has 0 aromatic heterocycles. The third kappa shape index (κ3) is 19.7. The molecule has 0 amide bonds. The highest BCUT2D eigenvalue weighted by atomic mass is 15.1. The van der Waals surface area contributed by atoms with Gasteiger partial charge in [-0.15, -0.1) is 0 Å². The van der Waals surface area contributed by atoms with E-state index in [4.69, 9.17) is 0 Å². The van der Waals surface area contributed by atoms with Crippen molar-refractivity contribution < 1.29 is 0 Å². The van der Waals surface area contributed by atoms with Crippen LogP contribution in [0.1, 0.15) is 154 Å². The fraction of sp³-hybridized carbons (Fsp3) is 0.765. The van der Waals surface area contributed by atoms with Crippen LogP contribution in [0.2, 0.25) is 0 Å². The molecule has 0 unspecified atom stereocenters. The van der Waals surface area contributed by atoms with E-state index in [1.54, 1.807) is 0 Å². The van der Waals surface area contributed by atoms with Crippen LogP contribution in [0.3, 0.4) is 0 Å². The van der Waals surface area contributed by atoms with Crippen LogP contribution >= 0.6 is 0 Å². The van der Waals surface area contributed by atoms with Gasteiger partial charge in [-0.2, -0.15) is 0 Å². The largest absolute Gasteiger partial charge is 0.303 e. The summed E-state index contributed by atoms with van der Waals surface area (Å²) >= 11 is 0. The Bertz CT molecular complexity index is 539. The molecule has 1 nitrogen and oxygen atoms in total. The van der Waals surface area contributed by atoms with Crippen LogP contribution in [-0.4, -0.2) is 24.5 Å². The summed E-state index contributed by atoms with van der Waals surface area (Å²) in [6, 6.07) is 10.8. The number of unbranched alkanes of at least 4 members (excludes halogenated alkanes) is 18. The summed E-state index contributed by atoms with van der Waals surface area (Å²) in [5.41, 5.74) is 2.60. The highest BCUT2D eigenvalue weighted by molar-refractivity contribution is 5.63. The summed E-state index contributed by atoms with van der Waals surface area (Å²) < 4.78 is 0. The monoisotopic (exact) mass is 483 g/mol. The van der Waals surface area contributed by atoms with Crippen molar-refractivity contribution in [2.24, 2.45) is 0 Å². The van der Waals surface area contributed by atoms with Crippen LogP contribution in [-0.2, 0) is 0 Å². The summed E-state index contributed by atoms with van der Waals surface area (Å²) in [6.07, 6.45) is 29.5. The van der Waals surface area contributed by atoms with Crippen molar-refractivity contribution in [3.05, 3.63) is 42.5 Å². The fourth-order valence-corrected chi connectivity index (χ4v) is 5.09. The number of hydrogen-bond acceptors (Lipinski definition) is 1. The van der Waals surface area contributed by atoms with E-state index in [9.17, 15) is 0 Å². The van der Waals surface area contributed by atoms with Gasteiger partial charge in [-0.05, 0) is 43.5 Å². The standard InChI is InChI=1S/C34H61N/c1-4-6-8-10-12-14-16-18-20-25-30-35(32-29-33(3)34-27-23-22-24-28-34)31-26-21-19-17-15-13-11-9-7-5-2/h22-24,27-28H,3-21,25-26,29-32H2,1-2H3. The predicted molar refractivity (Wildman–Crippen MR) is 160 cm³/mol. The van der Waals surface area contributed by atoms with Crippen molar-refractivity contribution in [3.63, 3.8) is 0 Å². The molecule has 0 saturated carbocycles. The van der Waals surface area contributed by atoms with Crippen molar-refractivity contribution in [1.82, 2.24) is 4.90 Å². The van der Waals surface area contributed by atoms with Gasteiger partial charge in [0.2, 0.25) is 0 Å². The number of hydrogen-bond donors (Lipinski definition) is 0. The smallest absolute Gasteiger partial charge is 0.00218 e. The van der Waals surface area contributed by atoms with Crippen molar-refractivity contribution >= 4 is 5.57 Å². The van der Waals surface area contributed by atoms with Crippen molar-refractivity contribution in [2.45, 2.75) is 149 Å². The first-order valence-corrected chi connectivity index (χ1v) is 15.7. The van der Waals surface area contributed by atoms with Crippen molar-refractivity contribution in [1.29, 1.82) is 0 Å². The zero-order chi connectivity index (χ0) is 25.2. The quantitative estimate of drug-likeness (QED) is 0.118. The first-order chi connectivity index (χ1) is 17.3. The maximum absolute atomic E-state index is 4.38. The molecule has 0 N–H and O–H groups in total. The summed E-state index contributed by atoms with van der Waals surface area (Å²) in [5.74, 6) is 0. The minimum absolute atomic E-state index is 1.10. The molecule has 0 aliphatic rings. The maximum Gasteiger partial charge on any atom is 0.00218 e. The molecule has 1 aromatic carbocycles. The lowest BCUT2D eigenvalue weighted by atomic mass is 10.0. The molecule has 0 atom stereocenters. The lowest BCUT2D eigenvalue weighted by molar-refractivity contribution is 0.266. The highest BCUT2D eigenvalue weighted by Gasteiger charge is 2.07. The Kier molecular flexibility index (Phi) is 22.5. The van der Waals surface area contributed by atoms with Gasteiger partial charge in [-0.3, -0.25) is 0 Å². The van der Waals surface area contributed by atoms with Gasteiger partial charge in [0.05, 0.1) is 0 Å². The Hall–Kier alpha value is -1.08. The van der Waals surface area contributed by atoms with Gasteiger partial charge in [0.15, 0.2) is 0 Å². The summed E-state index contributed by atoms with van der Waals surface area (Å²) in [6.45, 7) is 12.7. The minimum Gasteiger partial charge on any atom is -0.303 e. The van der Waals surface area contributed by atoms with E-state index in [1.807, 2.05) is 0 Å². The Morgan fingerprint density at radius 1 is 0.514 bits per heavy atom. The topological polar surface area (TPSA) is 3.24 Å². The van der Waals surface area contributed by atoms with Crippen molar-refractivity contribution in [3.8, 4) is 0 Å². The Labute approximate surface area is 221 Å². The van der Waals surface area contributed by atoms with E-state index >= 15 is 0 Å². The van der Waals surface area contributed by atoms with E-state index in [2.05, 4.69) is 55.7 Å². The van der Waals surface area contributed by atoms with Gasteiger partial charge >= 0.3 is 0 Å². The Morgan fingerprint density at radius 2 is 0.886 bits per heavy atom. The van der Waals surface area contributed by atoms with Crippen LogP contribution < -0.4 is 0 Å². The molecular formula is C34H61N. The van der Waals surface area contributed by atoms with Crippen LogP contribution in [0.5, 0.6) is 0 Å². The van der Waals surface area contributed by atoms with Gasteiger partial charge in [-0.1, -0.05) is 166 Å². The average molecular weight is 484 g/mol. The van der Waals surface area contributed by atoms with Gasteiger partial charge in [0.25, 0.3) is 0 Å². The molecule has 0 aliphatic carbocycles. The molecule has 0 fully saturated rings. The third-order valence-corrected chi connectivity index (χ3v) is 7.57. The Morgan fingerprint density at radius 3 is 1.29 bits per heavy atom. The first kappa shape index (κ1) is 31.9. The molecule has 0 heterocycles. The van der Waals surface area contributed by atoms with E-state index in [0.717, 1.165) is 6.42 Å². The van der Waals surface area contributed by atoms with Gasteiger partial charge in [-0.25, -0.2) is 0 Å². The van der Waals surface area contributed by atoms with Gasteiger partial charge in [0.1, 0.15) is 0 Å². The fourth-order valence-electron chi connectivity index (χ4n) is 5.09. The molecule has 1 rings (SSSR count). The van der Waals surface area contributed by atoms with Crippen molar-refractivity contribution in [2.75, 3.05) is 19.6 Å². The summed E-state index contributed by atoms with van der Waals surface area (Å²) in [7, 11) is 0. The minimum atomic E-state index is 1.10. The maximum atomic E-state index is 4.38. The molecular weight excluding hydrogens is 422 g/mol. The van der Waals surface area contributed by atoms with Gasteiger partial charge < -0.3 is 4.90 Å². The number of benzene rings is 1. The Balaban J connectivity index is 2.20. The SMILES string of the molecule is C=C(CCN(CCCCCCCCCCCC)CCCCCCCCCCCC)c1ccccc1. The number of nitrogens with zero attached hydrogens (tertiary/aromatic N) is 1. The van der Waals surface area contributed by atoms with Crippen LogP contribution in [0.4, 0.5) is 0 Å². The third-order valence-electron chi connectivity index (χ3n) is 7.57. The lowest BCUT2D eigenvalue weighted by Gasteiger charge is -2.23. The molecule has 1 aromatic rings. The first-order valence-electron chi connectivity index (χ1n) is 15.7. The predicted octanol–water partition coefficient (Wildman–Crippen LogP) is 11.2. The zero-order valence-corrected chi connectivity index (χ0v) is 24.0. The second-order valence-corrected chi connectivity index (χ2v) is 10.9. The zero-order valence-electron chi connectivity index (χ0n) is 24.0. The van der Waals surface area contributed by atoms with E-state index in [-0.39, 0.29) is 0 Å². The second kappa shape index (κ2) is 24.6.